The molecular formula is C13H24N2. The lowest BCUT2D eigenvalue weighted by Crippen LogP contribution is -2.23. The molecule has 0 radical (unpaired) electrons. The number of fused-ring (bicyclic) bond motifs is 1. The summed E-state index contributed by atoms with van der Waals surface area (Å²) < 4.78 is 0. The van der Waals surface area contributed by atoms with Crippen LogP contribution in [0.5, 0.6) is 0 Å². The van der Waals surface area contributed by atoms with E-state index in [1.165, 1.54) is 11.4 Å². The average molecular weight is 208 g/mol. The van der Waals surface area contributed by atoms with Gasteiger partial charge in [-0.25, -0.2) is 0 Å². The van der Waals surface area contributed by atoms with E-state index < -0.39 is 0 Å². The molecule has 0 saturated heterocycles. The Labute approximate surface area is 94.5 Å². The Bertz CT molecular complexity index is 244. The molecule has 1 aromatic rings. The summed E-state index contributed by atoms with van der Waals surface area (Å²) in [5.74, 6) is 0. The normalized spacial score (nSPS) is 12.1. The quantitative estimate of drug-likeness (QED) is 0.643. The summed E-state index contributed by atoms with van der Waals surface area (Å²) in [6.45, 7) is 9.00. The summed E-state index contributed by atoms with van der Waals surface area (Å²) in [5, 5.41) is 0. The van der Waals surface area contributed by atoms with Crippen LogP contribution in [0.1, 0.15) is 27.7 Å². The second-order valence-corrected chi connectivity index (χ2v) is 3.03. The third-order valence-corrected chi connectivity index (χ3v) is 2.13. The summed E-state index contributed by atoms with van der Waals surface area (Å²) in [5.41, 5.74) is 2.66. The zero-order chi connectivity index (χ0) is 11.8. The van der Waals surface area contributed by atoms with E-state index in [1.807, 2.05) is 27.7 Å². The van der Waals surface area contributed by atoms with Crippen LogP contribution in [0.2, 0.25) is 0 Å². The van der Waals surface area contributed by atoms with Crippen LogP contribution in [0.25, 0.3) is 0 Å². The van der Waals surface area contributed by atoms with Gasteiger partial charge >= 0.3 is 0 Å². The van der Waals surface area contributed by atoms with Crippen molar-refractivity contribution in [3.8, 4) is 0 Å². The van der Waals surface area contributed by atoms with Crippen molar-refractivity contribution in [2.45, 2.75) is 27.7 Å². The molecule has 0 N–H and O–H groups in total. The van der Waals surface area contributed by atoms with Gasteiger partial charge in [0.25, 0.3) is 0 Å². The first kappa shape index (κ1) is 13.8. The van der Waals surface area contributed by atoms with Gasteiger partial charge < -0.3 is 9.80 Å². The Morgan fingerprint density at radius 1 is 0.800 bits per heavy atom. The van der Waals surface area contributed by atoms with Gasteiger partial charge in [-0.05, 0) is 12.1 Å². The molecule has 1 aliphatic heterocycles. The zero-order valence-electron chi connectivity index (χ0n) is 10.9. The van der Waals surface area contributed by atoms with Gasteiger partial charge in [0.05, 0.1) is 18.0 Å². The van der Waals surface area contributed by atoms with Crippen molar-refractivity contribution in [2.75, 3.05) is 30.6 Å². The lowest BCUT2D eigenvalue weighted by Gasteiger charge is -2.11. The minimum Gasteiger partial charge on any atom is -0.355 e. The first-order valence-corrected chi connectivity index (χ1v) is 5.80. The van der Waals surface area contributed by atoms with E-state index in [-0.39, 0.29) is 0 Å². The van der Waals surface area contributed by atoms with Crippen LogP contribution in [0.3, 0.4) is 0 Å². The van der Waals surface area contributed by atoms with Crippen LogP contribution in [-0.2, 0) is 0 Å². The molecule has 0 aromatic heterocycles. The molecular weight excluding hydrogens is 184 g/mol. The van der Waals surface area contributed by atoms with Crippen molar-refractivity contribution in [3.05, 3.63) is 24.3 Å². The molecule has 0 aliphatic carbocycles. The van der Waals surface area contributed by atoms with Gasteiger partial charge in [0, 0.05) is 14.1 Å². The fourth-order valence-electron chi connectivity index (χ4n) is 1.58. The van der Waals surface area contributed by atoms with Crippen LogP contribution in [0, 0.1) is 0 Å². The van der Waals surface area contributed by atoms with E-state index in [4.69, 9.17) is 0 Å². The molecule has 0 unspecified atom stereocenters. The van der Waals surface area contributed by atoms with Crippen molar-refractivity contribution in [2.24, 2.45) is 0 Å². The van der Waals surface area contributed by atoms with Gasteiger partial charge in [0.2, 0.25) is 0 Å². The van der Waals surface area contributed by atoms with E-state index in [0.29, 0.717) is 0 Å². The third-order valence-electron chi connectivity index (χ3n) is 2.13. The Kier molecular flexibility index (Phi) is 6.59. The molecule has 15 heavy (non-hydrogen) atoms. The fraction of sp³-hybridized carbons (Fsp3) is 0.538. The summed E-state index contributed by atoms with van der Waals surface area (Å²) in [6, 6.07) is 8.46. The molecule has 0 amide bonds. The second kappa shape index (κ2) is 7.16. The number of nitrogens with zero attached hydrogens (tertiary/aromatic N) is 2. The molecule has 2 rings (SSSR count). The maximum absolute atomic E-state index is 2.25. The molecule has 1 heterocycles. The molecule has 86 valence electrons. The van der Waals surface area contributed by atoms with E-state index in [1.54, 1.807) is 0 Å². The smallest absolute Gasteiger partial charge is 0.0898 e. The van der Waals surface area contributed by atoms with Crippen molar-refractivity contribution in [1.82, 2.24) is 0 Å². The maximum atomic E-state index is 2.25. The minimum absolute atomic E-state index is 0.999. The van der Waals surface area contributed by atoms with Gasteiger partial charge in [0.15, 0.2) is 0 Å². The molecule has 0 atom stereocenters. The SMILES string of the molecule is CC.CC.CN1CN(C)c2ccccc21. The number of hydrogen-bond donors (Lipinski definition) is 0. The Morgan fingerprint density at radius 2 is 1.13 bits per heavy atom. The molecule has 2 nitrogen and oxygen atoms in total. The highest BCUT2D eigenvalue weighted by Crippen LogP contribution is 2.32. The minimum atomic E-state index is 0.999. The van der Waals surface area contributed by atoms with E-state index >= 15 is 0 Å². The predicted molar refractivity (Wildman–Crippen MR) is 70.8 cm³/mol. The highest BCUT2D eigenvalue weighted by Gasteiger charge is 2.18. The largest absolute Gasteiger partial charge is 0.355 e. The van der Waals surface area contributed by atoms with Crippen molar-refractivity contribution >= 4 is 11.4 Å². The predicted octanol–water partition coefficient (Wildman–Crippen LogP) is 3.58. The lowest BCUT2D eigenvalue weighted by atomic mass is 10.3. The highest BCUT2D eigenvalue weighted by molar-refractivity contribution is 5.75. The summed E-state index contributed by atoms with van der Waals surface area (Å²) in [4.78, 5) is 4.49. The van der Waals surface area contributed by atoms with Crippen LogP contribution >= 0.6 is 0 Å². The second-order valence-electron chi connectivity index (χ2n) is 3.03. The molecule has 0 saturated carbocycles. The number of hydrogen-bond acceptors (Lipinski definition) is 2. The molecule has 0 bridgehead atoms. The van der Waals surface area contributed by atoms with Crippen LogP contribution in [0.4, 0.5) is 11.4 Å². The van der Waals surface area contributed by atoms with E-state index in [0.717, 1.165) is 6.67 Å². The number of anilines is 2. The monoisotopic (exact) mass is 208 g/mol. The first-order chi connectivity index (χ1) is 7.29. The fourth-order valence-corrected chi connectivity index (χ4v) is 1.58. The molecule has 2 heteroatoms. The van der Waals surface area contributed by atoms with Crippen LogP contribution in [-0.4, -0.2) is 20.8 Å². The molecule has 0 spiro atoms. The lowest BCUT2D eigenvalue weighted by molar-refractivity contribution is 0.916. The van der Waals surface area contributed by atoms with E-state index in [9.17, 15) is 0 Å². The van der Waals surface area contributed by atoms with E-state index in [2.05, 4.69) is 48.2 Å². The number of rotatable bonds is 0. The van der Waals surface area contributed by atoms with Crippen LogP contribution in [0.15, 0.2) is 24.3 Å². The molecule has 1 aliphatic rings. The topological polar surface area (TPSA) is 6.48 Å². The highest BCUT2D eigenvalue weighted by atomic mass is 15.3. The standard InChI is InChI=1S/C9H12N2.2C2H6/c1-10-7-11(2)9-6-4-3-5-8(9)10;2*1-2/h3-6H,7H2,1-2H3;2*1-2H3. The maximum Gasteiger partial charge on any atom is 0.0898 e. The summed E-state index contributed by atoms with van der Waals surface area (Å²) >= 11 is 0. The number of benzene rings is 1. The van der Waals surface area contributed by atoms with Crippen LogP contribution < -0.4 is 9.80 Å². The Morgan fingerprint density at radius 3 is 1.47 bits per heavy atom. The van der Waals surface area contributed by atoms with Crippen molar-refractivity contribution < 1.29 is 0 Å². The summed E-state index contributed by atoms with van der Waals surface area (Å²) in [7, 11) is 4.23. The first-order valence-electron chi connectivity index (χ1n) is 5.80. The molecule has 0 fully saturated rings. The zero-order valence-corrected chi connectivity index (χ0v) is 10.9. The van der Waals surface area contributed by atoms with Gasteiger partial charge in [-0.3, -0.25) is 0 Å². The average Bonchev–Trinajstić information content (AvgIpc) is 2.61. The molecule has 1 aromatic carbocycles. The van der Waals surface area contributed by atoms with Gasteiger partial charge in [-0.1, -0.05) is 39.8 Å². The van der Waals surface area contributed by atoms with Gasteiger partial charge in [-0.2, -0.15) is 0 Å². The third kappa shape index (κ3) is 3.15. The summed E-state index contributed by atoms with van der Waals surface area (Å²) in [6.07, 6.45) is 0. The van der Waals surface area contributed by atoms with Gasteiger partial charge in [-0.15, -0.1) is 0 Å². The Hall–Kier alpha value is -1.18. The van der Waals surface area contributed by atoms with Crippen molar-refractivity contribution in [3.63, 3.8) is 0 Å². The Balaban J connectivity index is 0.000000442. The van der Waals surface area contributed by atoms with Crippen molar-refractivity contribution in [1.29, 1.82) is 0 Å². The van der Waals surface area contributed by atoms with Gasteiger partial charge in [0.1, 0.15) is 0 Å². The number of para-hydroxylation sites is 2.